The first kappa shape index (κ1) is 36.0. The number of hydrogen-bond donors (Lipinski definition) is 3. The van der Waals surface area contributed by atoms with E-state index in [2.05, 4.69) is 28.5 Å². The van der Waals surface area contributed by atoms with Crippen LogP contribution >= 0.6 is 0 Å². The number of amides is 2. The topological polar surface area (TPSA) is 159 Å². The van der Waals surface area contributed by atoms with Gasteiger partial charge in [-0.1, -0.05) is 12.2 Å². The third-order valence-corrected chi connectivity index (χ3v) is 3.96. The van der Waals surface area contributed by atoms with E-state index in [4.69, 9.17) is 24.1 Å². The van der Waals surface area contributed by atoms with Gasteiger partial charge < -0.3 is 39.4 Å². The summed E-state index contributed by atoms with van der Waals surface area (Å²) in [5, 5.41) is 13.7. The molecule has 0 aliphatic heterocycles. The lowest BCUT2D eigenvalue weighted by Crippen LogP contribution is -2.50. The molecule has 0 aliphatic rings. The Hall–Kier alpha value is -3.12. The summed E-state index contributed by atoms with van der Waals surface area (Å²) in [6.45, 7) is 20.9. The predicted octanol–water partition coefficient (Wildman–Crippen LogP) is 3.20. The lowest BCUT2D eigenvalue weighted by Gasteiger charge is -2.25. The quantitative estimate of drug-likeness (QED) is 0.193. The Balaban J connectivity index is 0. The van der Waals surface area contributed by atoms with Crippen molar-refractivity contribution in [2.24, 2.45) is 0 Å². The summed E-state index contributed by atoms with van der Waals surface area (Å²) >= 11 is 0. The zero-order valence-electron chi connectivity index (χ0n) is 23.4. The second-order valence-electron chi connectivity index (χ2n) is 9.76. The molecule has 0 aliphatic carbocycles. The number of rotatable bonds is 12. The Morgan fingerprint density at radius 2 is 1.14 bits per heavy atom. The number of carboxylic acids is 1. The van der Waals surface area contributed by atoms with E-state index in [1.54, 1.807) is 61.5 Å². The van der Waals surface area contributed by atoms with Crippen molar-refractivity contribution in [1.29, 1.82) is 0 Å². The summed E-state index contributed by atoms with van der Waals surface area (Å²) in [6, 6.07) is -2.10. The van der Waals surface area contributed by atoms with Crippen LogP contribution in [0.3, 0.4) is 0 Å². The maximum Gasteiger partial charge on any atom is 0.408 e. The van der Waals surface area contributed by atoms with E-state index in [0.717, 1.165) is 0 Å². The fourth-order valence-electron chi connectivity index (χ4n) is 2.38. The average Bonchev–Trinajstić information content (AvgIpc) is 2.75. The average molecular weight is 533 g/mol. The van der Waals surface area contributed by atoms with Gasteiger partial charge in [-0.05, 0) is 55.4 Å². The van der Waals surface area contributed by atoms with Crippen LogP contribution in [0.4, 0.5) is 9.59 Å². The Morgan fingerprint density at radius 1 is 0.784 bits per heavy atom. The first-order chi connectivity index (χ1) is 16.9. The van der Waals surface area contributed by atoms with Gasteiger partial charge >= 0.3 is 24.1 Å². The molecule has 12 nitrogen and oxygen atoms in total. The summed E-state index contributed by atoms with van der Waals surface area (Å²) in [5.74, 6) is -1.78. The normalized spacial score (nSPS) is 14.3. The molecule has 3 N–H and O–H groups in total. The van der Waals surface area contributed by atoms with Gasteiger partial charge in [0.1, 0.15) is 11.2 Å². The maximum absolute atomic E-state index is 11.7. The molecule has 0 fully saturated rings. The molecule has 0 bridgehead atoms. The van der Waals surface area contributed by atoms with Crippen LogP contribution in [0.1, 0.15) is 55.4 Å². The van der Waals surface area contributed by atoms with Crippen molar-refractivity contribution in [2.75, 3.05) is 20.3 Å². The van der Waals surface area contributed by atoms with Crippen molar-refractivity contribution in [3.63, 3.8) is 0 Å². The minimum atomic E-state index is -1.18. The first-order valence-corrected chi connectivity index (χ1v) is 11.6. The fourth-order valence-corrected chi connectivity index (χ4v) is 2.38. The Morgan fingerprint density at radius 3 is 1.43 bits per heavy atom. The summed E-state index contributed by atoms with van der Waals surface area (Å²) < 4.78 is 25.2. The molecule has 0 saturated heterocycles. The van der Waals surface area contributed by atoms with Crippen LogP contribution in [0, 0.1) is 0 Å². The molecule has 0 aromatic heterocycles. The van der Waals surface area contributed by atoms with Gasteiger partial charge in [-0.25, -0.2) is 19.2 Å². The smallest absolute Gasteiger partial charge is 0.408 e. The number of carbonyl (C=O) groups is 4. The molecule has 0 aromatic rings. The van der Waals surface area contributed by atoms with Gasteiger partial charge in [-0.15, -0.1) is 13.2 Å². The number of ether oxygens (including phenoxy) is 5. The van der Waals surface area contributed by atoms with Gasteiger partial charge in [0.15, 0.2) is 12.1 Å². The van der Waals surface area contributed by atoms with Crippen LogP contribution < -0.4 is 10.6 Å². The largest absolute Gasteiger partial charge is 0.480 e. The molecule has 0 heterocycles. The van der Waals surface area contributed by atoms with E-state index in [0.29, 0.717) is 0 Å². The monoisotopic (exact) mass is 532 g/mol. The summed E-state index contributed by atoms with van der Waals surface area (Å²) in [7, 11) is 1.24. The molecule has 0 saturated carbocycles. The second kappa shape index (κ2) is 17.4. The second-order valence-corrected chi connectivity index (χ2v) is 9.76. The standard InChI is InChI=1S/C13H23NO5.C12H21NO5/c1-7-8-18-9(2)10(11(15)17-6)14-12(16)19-13(3,4)5;1-6-7-17-8(2)9(10(14)15)13-11(16)18-12(3,4)5/h7,9-10H,1,8H2,2-6H3,(H,14,16);6,8-9H,1,7H2,2-5H3,(H,13,16)(H,14,15)/t9-,10-;8-,9-/m00/s1. The van der Waals surface area contributed by atoms with E-state index in [1.807, 2.05) is 0 Å². The summed E-state index contributed by atoms with van der Waals surface area (Å²) in [5.41, 5.74) is -1.33. The summed E-state index contributed by atoms with van der Waals surface area (Å²) in [4.78, 5) is 45.8. The van der Waals surface area contributed by atoms with Crippen molar-refractivity contribution in [3.8, 4) is 0 Å². The van der Waals surface area contributed by atoms with E-state index in [1.165, 1.54) is 13.2 Å². The molecule has 0 radical (unpaired) electrons. The molecular formula is C25H44N2O10. The van der Waals surface area contributed by atoms with Gasteiger partial charge in [0.25, 0.3) is 0 Å². The number of esters is 1. The molecule has 0 rings (SSSR count). The van der Waals surface area contributed by atoms with Gasteiger partial charge in [0.05, 0.1) is 32.5 Å². The number of nitrogens with one attached hydrogen (secondary N) is 2. The SMILES string of the molecule is C=CCO[C@@H](C)[C@H](NC(=O)OC(C)(C)C)C(=O)O.C=CCO[C@@H](C)[C@H](NC(=O)OC(C)(C)C)C(=O)OC. The maximum atomic E-state index is 11.7. The van der Waals surface area contributed by atoms with E-state index in [9.17, 15) is 19.2 Å². The molecule has 2 amide bonds. The van der Waals surface area contributed by atoms with Crippen LogP contribution in [-0.2, 0) is 33.3 Å². The zero-order chi connectivity index (χ0) is 29.4. The number of alkyl carbamates (subject to hydrolysis) is 2. The number of carbonyl (C=O) groups excluding carboxylic acids is 3. The molecule has 12 heteroatoms. The Bertz CT molecular complexity index is 756. The van der Waals surface area contributed by atoms with Gasteiger partial charge in [-0.2, -0.15) is 0 Å². The third kappa shape index (κ3) is 18.8. The highest BCUT2D eigenvalue weighted by atomic mass is 16.6. The van der Waals surface area contributed by atoms with Gasteiger partial charge in [0, 0.05) is 0 Å². The van der Waals surface area contributed by atoms with Crippen molar-refractivity contribution < 1.29 is 48.0 Å². The van der Waals surface area contributed by atoms with Gasteiger partial charge in [0.2, 0.25) is 0 Å². The van der Waals surface area contributed by atoms with Crippen LogP contribution in [0.5, 0.6) is 0 Å². The molecule has 0 aromatic carbocycles. The van der Waals surface area contributed by atoms with Crippen LogP contribution in [-0.4, -0.2) is 85.0 Å². The number of methoxy groups -OCH3 is 1. The van der Waals surface area contributed by atoms with Crippen molar-refractivity contribution in [3.05, 3.63) is 25.3 Å². The van der Waals surface area contributed by atoms with E-state index >= 15 is 0 Å². The van der Waals surface area contributed by atoms with Crippen LogP contribution in [0.15, 0.2) is 25.3 Å². The first-order valence-electron chi connectivity index (χ1n) is 11.6. The van der Waals surface area contributed by atoms with E-state index in [-0.39, 0.29) is 13.2 Å². The van der Waals surface area contributed by atoms with Crippen LogP contribution in [0.25, 0.3) is 0 Å². The zero-order valence-corrected chi connectivity index (χ0v) is 23.4. The van der Waals surface area contributed by atoms with Crippen molar-refractivity contribution >= 4 is 24.1 Å². The lowest BCUT2D eigenvalue weighted by atomic mass is 10.2. The predicted molar refractivity (Wildman–Crippen MR) is 137 cm³/mol. The highest BCUT2D eigenvalue weighted by molar-refractivity contribution is 5.82. The molecule has 0 spiro atoms. The third-order valence-electron chi connectivity index (χ3n) is 3.96. The Labute approximate surface area is 219 Å². The molecule has 4 atom stereocenters. The van der Waals surface area contributed by atoms with E-state index < -0.39 is 59.6 Å². The number of hydrogen-bond acceptors (Lipinski definition) is 9. The van der Waals surface area contributed by atoms with Crippen molar-refractivity contribution in [1.82, 2.24) is 10.6 Å². The minimum absolute atomic E-state index is 0.209. The minimum Gasteiger partial charge on any atom is -0.480 e. The molecule has 0 unspecified atom stereocenters. The van der Waals surface area contributed by atoms with Crippen molar-refractivity contribution in [2.45, 2.75) is 90.9 Å². The Kier molecular flexibility index (Phi) is 16.9. The highest BCUT2D eigenvalue weighted by Crippen LogP contribution is 2.09. The van der Waals surface area contributed by atoms with Gasteiger partial charge in [-0.3, -0.25) is 0 Å². The number of aliphatic carboxylic acids is 1. The number of carboxylic acid groups (broad SMARTS) is 1. The van der Waals surface area contributed by atoms with Crippen LogP contribution in [0.2, 0.25) is 0 Å². The molecular weight excluding hydrogens is 488 g/mol. The molecule has 37 heavy (non-hydrogen) atoms. The lowest BCUT2D eigenvalue weighted by molar-refractivity contribution is -0.147. The summed E-state index contributed by atoms with van der Waals surface area (Å²) in [6.07, 6.45) is 0.327. The fraction of sp³-hybridized carbons (Fsp3) is 0.680. The molecule has 214 valence electrons. The highest BCUT2D eigenvalue weighted by Gasteiger charge is 2.31.